The van der Waals surface area contributed by atoms with Gasteiger partial charge in [-0.3, -0.25) is 0 Å². The van der Waals surface area contributed by atoms with Crippen molar-refractivity contribution in [3.8, 4) is 0 Å². The van der Waals surface area contributed by atoms with E-state index in [9.17, 15) is 0 Å². The van der Waals surface area contributed by atoms with E-state index in [1.807, 2.05) is 5.38 Å². The van der Waals surface area contributed by atoms with Crippen LogP contribution in [-0.2, 0) is 9.47 Å². The predicted molar refractivity (Wildman–Crippen MR) is 41.1 cm³/mol. The molecule has 2 rings (SSSR count). The molecule has 2 heterocycles. The van der Waals surface area contributed by atoms with Gasteiger partial charge in [0, 0.05) is 11.6 Å². The van der Waals surface area contributed by atoms with E-state index in [2.05, 4.69) is 9.98 Å². The number of hydrogen-bond donors (Lipinski definition) is 0. The Labute approximate surface area is 67.5 Å². The molecule has 4 nitrogen and oxygen atoms in total. The first-order valence-electron chi connectivity index (χ1n) is 3.13. The molecule has 1 saturated heterocycles. The first-order valence-corrected chi connectivity index (χ1v) is 4.01. The van der Waals surface area contributed by atoms with Crippen LogP contribution in [0, 0.1) is 0 Å². The van der Waals surface area contributed by atoms with Gasteiger partial charge in [-0.15, -0.1) is 11.3 Å². The number of thiazole rings is 1. The molecule has 0 amide bonds. The van der Waals surface area contributed by atoms with E-state index in [4.69, 9.17) is 9.47 Å². The lowest BCUT2D eigenvalue weighted by Crippen LogP contribution is -1.96. The Morgan fingerprint density at radius 3 is 3.27 bits per heavy atom. The third kappa shape index (κ3) is 1.55. The van der Waals surface area contributed by atoms with Gasteiger partial charge in [0.05, 0.1) is 0 Å². The summed E-state index contributed by atoms with van der Waals surface area (Å²) >= 11 is 1.48. The monoisotopic (exact) mass is 170 g/mol. The molecular weight excluding hydrogens is 164 g/mol. The van der Waals surface area contributed by atoms with Gasteiger partial charge < -0.3 is 9.47 Å². The topological polar surface area (TPSA) is 43.7 Å². The average molecular weight is 170 g/mol. The van der Waals surface area contributed by atoms with Crippen LogP contribution in [0.5, 0.6) is 0 Å². The van der Waals surface area contributed by atoms with Crippen LogP contribution in [0.4, 0.5) is 5.13 Å². The van der Waals surface area contributed by atoms with Gasteiger partial charge in [-0.25, -0.2) is 4.98 Å². The first-order chi connectivity index (χ1) is 5.45. The minimum Gasteiger partial charge on any atom is -0.452 e. The maximum absolute atomic E-state index is 5.02. The lowest BCUT2D eigenvalue weighted by Gasteiger charge is -1.89. The third-order valence-electron chi connectivity index (χ3n) is 1.17. The quantitative estimate of drug-likeness (QED) is 0.635. The zero-order valence-corrected chi connectivity index (χ0v) is 6.50. The maximum Gasteiger partial charge on any atom is 0.219 e. The Bertz CT molecular complexity index is 250. The van der Waals surface area contributed by atoms with Gasteiger partial charge >= 0.3 is 0 Å². The molecule has 0 saturated carbocycles. The van der Waals surface area contributed by atoms with E-state index >= 15 is 0 Å². The van der Waals surface area contributed by atoms with Crippen molar-refractivity contribution in [3.05, 3.63) is 11.6 Å². The standard InChI is InChI=1S/C6H6N2O2S/c1-2-11-6(7-1)8-5-3-9-4-10-5/h1-2H,3-4H2. The van der Waals surface area contributed by atoms with Crippen LogP contribution in [0.2, 0.25) is 0 Å². The fourth-order valence-corrected chi connectivity index (χ4v) is 1.24. The Morgan fingerprint density at radius 1 is 1.64 bits per heavy atom. The average Bonchev–Trinajstić information content (AvgIpc) is 2.60. The summed E-state index contributed by atoms with van der Waals surface area (Å²) in [5.41, 5.74) is 0. The van der Waals surface area contributed by atoms with E-state index in [0.29, 0.717) is 24.4 Å². The zero-order chi connectivity index (χ0) is 7.52. The second-order valence-electron chi connectivity index (χ2n) is 1.93. The molecule has 1 aromatic rings. The summed E-state index contributed by atoms with van der Waals surface area (Å²) in [6.45, 7) is 0.768. The number of ether oxygens (including phenoxy) is 2. The lowest BCUT2D eigenvalue weighted by atomic mass is 10.7. The SMILES string of the molecule is c1csc(N=C2COCO2)n1. The van der Waals surface area contributed by atoms with Crippen molar-refractivity contribution in [1.82, 2.24) is 4.98 Å². The summed E-state index contributed by atoms with van der Waals surface area (Å²) < 4.78 is 9.95. The molecule has 1 fully saturated rings. The molecule has 0 aliphatic carbocycles. The number of aromatic nitrogens is 1. The van der Waals surface area contributed by atoms with Gasteiger partial charge in [-0.05, 0) is 0 Å². The smallest absolute Gasteiger partial charge is 0.219 e. The second kappa shape index (κ2) is 2.98. The maximum atomic E-state index is 5.02. The van der Waals surface area contributed by atoms with Crippen molar-refractivity contribution in [2.75, 3.05) is 13.4 Å². The highest BCUT2D eigenvalue weighted by atomic mass is 32.1. The van der Waals surface area contributed by atoms with Crippen molar-refractivity contribution in [1.29, 1.82) is 0 Å². The van der Waals surface area contributed by atoms with Gasteiger partial charge in [-0.1, -0.05) is 0 Å². The van der Waals surface area contributed by atoms with Crippen LogP contribution in [0.15, 0.2) is 16.6 Å². The van der Waals surface area contributed by atoms with Crippen molar-refractivity contribution in [2.45, 2.75) is 0 Å². The molecular formula is C6H6N2O2S. The second-order valence-corrected chi connectivity index (χ2v) is 2.80. The highest BCUT2D eigenvalue weighted by Crippen LogP contribution is 2.15. The number of aliphatic imine (C=N–C) groups is 1. The van der Waals surface area contributed by atoms with Crippen molar-refractivity contribution in [2.24, 2.45) is 4.99 Å². The number of rotatable bonds is 1. The normalized spacial score (nSPS) is 20.5. The van der Waals surface area contributed by atoms with Crippen molar-refractivity contribution in [3.63, 3.8) is 0 Å². The van der Waals surface area contributed by atoms with Gasteiger partial charge in [0.15, 0.2) is 6.79 Å². The molecule has 58 valence electrons. The van der Waals surface area contributed by atoms with Crippen molar-refractivity contribution >= 4 is 22.4 Å². The molecule has 11 heavy (non-hydrogen) atoms. The molecule has 1 aliphatic rings. The van der Waals surface area contributed by atoms with Crippen LogP contribution < -0.4 is 0 Å². The Morgan fingerprint density at radius 2 is 2.64 bits per heavy atom. The van der Waals surface area contributed by atoms with Crippen LogP contribution in [-0.4, -0.2) is 24.3 Å². The molecule has 0 radical (unpaired) electrons. The summed E-state index contributed by atoms with van der Waals surface area (Å²) in [4.78, 5) is 8.07. The minimum absolute atomic E-state index is 0.310. The van der Waals surface area contributed by atoms with E-state index in [-0.39, 0.29) is 0 Å². The Kier molecular flexibility index (Phi) is 1.83. The Balaban J connectivity index is 2.13. The predicted octanol–water partition coefficient (Wildman–Crippen LogP) is 1.18. The van der Waals surface area contributed by atoms with E-state index < -0.39 is 0 Å². The molecule has 0 aromatic carbocycles. The largest absolute Gasteiger partial charge is 0.452 e. The minimum atomic E-state index is 0.310. The molecule has 1 aromatic heterocycles. The molecule has 0 unspecified atom stereocenters. The van der Waals surface area contributed by atoms with Crippen LogP contribution in [0.3, 0.4) is 0 Å². The molecule has 0 spiro atoms. The van der Waals surface area contributed by atoms with E-state index in [1.54, 1.807) is 6.20 Å². The fraction of sp³-hybridized carbons (Fsp3) is 0.333. The van der Waals surface area contributed by atoms with Gasteiger partial charge in [0.1, 0.15) is 6.61 Å². The highest BCUT2D eigenvalue weighted by Gasteiger charge is 2.09. The van der Waals surface area contributed by atoms with Gasteiger partial charge in [0.25, 0.3) is 0 Å². The molecule has 0 N–H and O–H groups in total. The molecule has 0 bridgehead atoms. The van der Waals surface area contributed by atoms with Crippen LogP contribution in [0.1, 0.15) is 0 Å². The fourth-order valence-electron chi connectivity index (χ4n) is 0.723. The molecule has 0 atom stereocenters. The van der Waals surface area contributed by atoms with Gasteiger partial charge in [-0.2, -0.15) is 4.99 Å². The Hall–Kier alpha value is -0.940. The summed E-state index contributed by atoms with van der Waals surface area (Å²) in [7, 11) is 0. The molecule has 5 heteroatoms. The van der Waals surface area contributed by atoms with Crippen molar-refractivity contribution < 1.29 is 9.47 Å². The highest BCUT2D eigenvalue weighted by molar-refractivity contribution is 7.13. The third-order valence-corrected chi connectivity index (χ3v) is 1.84. The summed E-state index contributed by atoms with van der Waals surface area (Å²) in [5.74, 6) is 0.611. The number of hydrogen-bond acceptors (Lipinski definition) is 5. The van der Waals surface area contributed by atoms with Crippen LogP contribution in [0.25, 0.3) is 0 Å². The van der Waals surface area contributed by atoms with E-state index in [1.165, 1.54) is 11.3 Å². The summed E-state index contributed by atoms with van der Waals surface area (Å²) in [6, 6.07) is 0. The zero-order valence-electron chi connectivity index (χ0n) is 5.69. The van der Waals surface area contributed by atoms with E-state index in [0.717, 1.165) is 0 Å². The number of nitrogens with zero attached hydrogens (tertiary/aromatic N) is 2. The first kappa shape index (κ1) is 6.75. The summed E-state index contributed by atoms with van der Waals surface area (Å²) in [5, 5.41) is 2.58. The van der Waals surface area contributed by atoms with Crippen LogP contribution >= 0.6 is 11.3 Å². The van der Waals surface area contributed by atoms with Gasteiger partial charge in [0.2, 0.25) is 11.0 Å². The lowest BCUT2D eigenvalue weighted by molar-refractivity contribution is 0.0890. The summed E-state index contributed by atoms with van der Waals surface area (Å²) in [6.07, 6.45) is 1.71. The molecule has 1 aliphatic heterocycles.